The molecule has 1 aromatic rings. The zero-order valence-corrected chi connectivity index (χ0v) is 12.1. The third kappa shape index (κ3) is 2.67. The molecule has 1 aromatic carbocycles. The third-order valence-electron chi connectivity index (χ3n) is 3.97. The van der Waals surface area contributed by atoms with E-state index in [1.807, 2.05) is 4.90 Å². The average Bonchev–Trinajstić information content (AvgIpc) is 2.68. The topological polar surface area (TPSA) is 32.3 Å². The number of carbonyl (C=O) groups is 1. The van der Waals surface area contributed by atoms with Gasteiger partial charge in [0.1, 0.15) is 5.82 Å². The number of nitrogens with one attached hydrogen (secondary N) is 1. The van der Waals surface area contributed by atoms with E-state index in [-0.39, 0.29) is 11.7 Å². The van der Waals surface area contributed by atoms with Crippen LogP contribution in [0, 0.1) is 5.82 Å². The van der Waals surface area contributed by atoms with Crippen LogP contribution in [0.15, 0.2) is 22.7 Å². The van der Waals surface area contributed by atoms with Gasteiger partial charge in [0.25, 0.3) is 5.91 Å². The number of halogens is 2. The highest BCUT2D eigenvalue weighted by molar-refractivity contribution is 9.10. The Bertz CT molecular complexity index is 508. The van der Waals surface area contributed by atoms with Crippen LogP contribution in [-0.4, -0.2) is 36.0 Å². The molecule has 2 unspecified atom stereocenters. The molecule has 1 N–H and O–H groups in total. The number of nitrogens with zero attached hydrogens (tertiary/aromatic N) is 1. The first-order valence-corrected chi connectivity index (χ1v) is 7.43. The fraction of sp³-hybridized carbons (Fsp3) is 0.500. The molecule has 0 aromatic heterocycles. The molecule has 3 rings (SSSR count). The monoisotopic (exact) mass is 326 g/mol. The lowest BCUT2D eigenvalue weighted by Gasteiger charge is -2.24. The fourth-order valence-electron chi connectivity index (χ4n) is 2.96. The largest absolute Gasteiger partial charge is 0.337 e. The predicted octanol–water partition coefficient (Wildman–Crippen LogP) is 2.55. The van der Waals surface area contributed by atoms with Crippen molar-refractivity contribution in [1.29, 1.82) is 0 Å². The molecule has 3 nitrogen and oxygen atoms in total. The van der Waals surface area contributed by atoms with E-state index < -0.39 is 0 Å². The Balaban J connectivity index is 1.79. The molecular formula is C14H16BrFN2O. The van der Waals surface area contributed by atoms with Crippen molar-refractivity contribution in [2.45, 2.75) is 31.3 Å². The standard InChI is InChI=1S/C14H16BrFN2O/c15-13-7-9(16)1-4-12(13)14(19)18-6-5-10-2-3-11(8-18)17-10/h1,4,7,10-11,17H,2-3,5-6,8H2. The van der Waals surface area contributed by atoms with Crippen molar-refractivity contribution in [2.24, 2.45) is 0 Å². The molecule has 102 valence electrons. The van der Waals surface area contributed by atoms with Crippen LogP contribution in [0.3, 0.4) is 0 Å². The number of likely N-dealkylation sites (tertiary alicyclic amines) is 1. The van der Waals surface area contributed by atoms with Crippen molar-refractivity contribution in [3.63, 3.8) is 0 Å². The summed E-state index contributed by atoms with van der Waals surface area (Å²) < 4.78 is 13.6. The molecule has 2 aliphatic heterocycles. The number of carbonyl (C=O) groups excluding carboxylic acids is 1. The van der Waals surface area contributed by atoms with Gasteiger partial charge in [0.15, 0.2) is 0 Å². The molecule has 2 fully saturated rings. The van der Waals surface area contributed by atoms with Gasteiger partial charge in [-0.25, -0.2) is 4.39 Å². The van der Waals surface area contributed by atoms with Gasteiger partial charge in [-0.15, -0.1) is 0 Å². The van der Waals surface area contributed by atoms with Gasteiger partial charge in [-0.2, -0.15) is 0 Å². The first-order chi connectivity index (χ1) is 9.13. The van der Waals surface area contributed by atoms with E-state index in [4.69, 9.17) is 0 Å². The molecule has 2 aliphatic rings. The summed E-state index contributed by atoms with van der Waals surface area (Å²) >= 11 is 3.27. The lowest BCUT2D eigenvalue weighted by molar-refractivity contribution is 0.0747. The van der Waals surface area contributed by atoms with Gasteiger partial charge < -0.3 is 10.2 Å². The highest BCUT2D eigenvalue weighted by Gasteiger charge is 2.31. The van der Waals surface area contributed by atoms with Gasteiger partial charge in [0, 0.05) is 29.6 Å². The van der Waals surface area contributed by atoms with Crippen LogP contribution in [0.5, 0.6) is 0 Å². The van der Waals surface area contributed by atoms with Gasteiger partial charge in [-0.3, -0.25) is 4.79 Å². The minimum Gasteiger partial charge on any atom is -0.337 e. The van der Waals surface area contributed by atoms with E-state index >= 15 is 0 Å². The van der Waals surface area contributed by atoms with Gasteiger partial charge >= 0.3 is 0 Å². The average molecular weight is 327 g/mol. The lowest BCUT2D eigenvalue weighted by atomic mass is 10.1. The SMILES string of the molecule is O=C(c1ccc(F)cc1Br)N1CCC2CCC(C1)N2. The summed E-state index contributed by atoms with van der Waals surface area (Å²) in [5.41, 5.74) is 0.541. The molecule has 5 heteroatoms. The Morgan fingerprint density at radius 3 is 2.89 bits per heavy atom. The molecule has 2 atom stereocenters. The molecule has 1 amide bonds. The van der Waals surface area contributed by atoms with Crippen LogP contribution >= 0.6 is 15.9 Å². The third-order valence-corrected chi connectivity index (χ3v) is 4.63. The Hall–Kier alpha value is -0.940. The molecule has 0 saturated carbocycles. The first-order valence-electron chi connectivity index (χ1n) is 6.64. The number of benzene rings is 1. The summed E-state index contributed by atoms with van der Waals surface area (Å²) in [5.74, 6) is -0.346. The van der Waals surface area contributed by atoms with E-state index in [0.29, 0.717) is 22.1 Å². The highest BCUT2D eigenvalue weighted by atomic mass is 79.9. The zero-order valence-electron chi connectivity index (χ0n) is 10.5. The van der Waals surface area contributed by atoms with E-state index in [2.05, 4.69) is 21.2 Å². The number of fused-ring (bicyclic) bond motifs is 2. The highest BCUT2D eigenvalue weighted by Crippen LogP contribution is 2.24. The minimum atomic E-state index is -0.333. The second-order valence-corrected chi connectivity index (χ2v) is 6.16. The van der Waals surface area contributed by atoms with Gasteiger partial charge in [-0.05, 0) is 53.4 Å². The molecule has 2 saturated heterocycles. The van der Waals surface area contributed by atoms with Crippen LogP contribution in [0.2, 0.25) is 0 Å². The zero-order chi connectivity index (χ0) is 13.4. The van der Waals surface area contributed by atoms with Gasteiger partial charge in [0.2, 0.25) is 0 Å². The molecule has 19 heavy (non-hydrogen) atoms. The lowest BCUT2D eigenvalue weighted by Crippen LogP contribution is -2.39. The van der Waals surface area contributed by atoms with Crippen molar-refractivity contribution in [2.75, 3.05) is 13.1 Å². The van der Waals surface area contributed by atoms with Crippen molar-refractivity contribution in [3.8, 4) is 0 Å². The van der Waals surface area contributed by atoms with Crippen LogP contribution in [-0.2, 0) is 0 Å². The minimum absolute atomic E-state index is 0.0128. The van der Waals surface area contributed by atoms with Crippen LogP contribution < -0.4 is 5.32 Å². The first kappa shape index (κ1) is 13.1. The second kappa shape index (κ2) is 5.21. The Morgan fingerprint density at radius 1 is 1.32 bits per heavy atom. The Morgan fingerprint density at radius 2 is 2.11 bits per heavy atom. The normalized spacial score (nSPS) is 26.3. The van der Waals surface area contributed by atoms with Crippen molar-refractivity contribution < 1.29 is 9.18 Å². The summed E-state index contributed by atoms with van der Waals surface area (Å²) in [7, 11) is 0. The summed E-state index contributed by atoms with van der Waals surface area (Å²) in [6.07, 6.45) is 3.35. The molecule has 0 spiro atoms. The maximum absolute atomic E-state index is 13.1. The van der Waals surface area contributed by atoms with Crippen molar-refractivity contribution in [1.82, 2.24) is 10.2 Å². The van der Waals surface area contributed by atoms with Crippen LogP contribution in [0.4, 0.5) is 4.39 Å². The smallest absolute Gasteiger partial charge is 0.255 e. The number of amides is 1. The quantitative estimate of drug-likeness (QED) is 0.860. The van der Waals surface area contributed by atoms with Gasteiger partial charge in [-0.1, -0.05) is 0 Å². The maximum atomic E-state index is 13.1. The second-order valence-electron chi connectivity index (χ2n) is 5.30. The van der Waals surface area contributed by atoms with Crippen molar-refractivity contribution in [3.05, 3.63) is 34.1 Å². The summed E-state index contributed by atoms with van der Waals surface area (Å²) in [5, 5.41) is 3.55. The number of hydrogen-bond acceptors (Lipinski definition) is 2. The van der Waals surface area contributed by atoms with E-state index in [1.165, 1.54) is 18.6 Å². The van der Waals surface area contributed by atoms with Gasteiger partial charge in [0.05, 0.1) is 5.56 Å². The van der Waals surface area contributed by atoms with Crippen molar-refractivity contribution >= 4 is 21.8 Å². The van der Waals surface area contributed by atoms with E-state index in [1.54, 1.807) is 6.07 Å². The summed E-state index contributed by atoms with van der Waals surface area (Å²) in [6.45, 7) is 1.52. The molecule has 2 bridgehead atoms. The van der Waals surface area contributed by atoms with E-state index in [0.717, 1.165) is 25.9 Å². The number of rotatable bonds is 1. The summed E-state index contributed by atoms with van der Waals surface area (Å²) in [6, 6.07) is 5.20. The maximum Gasteiger partial charge on any atom is 0.255 e. The molecule has 0 radical (unpaired) electrons. The van der Waals surface area contributed by atoms with E-state index in [9.17, 15) is 9.18 Å². The molecule has 0 aliphatic carbocycles. The molecular weight excluding hydrogens is 311 g/mol. The van der Waals surface area contributed by atoms with Crippen LogP contribution in [0.25, 0.3) is 0 Å². The predicted molar refractivity (Wildman–Crippen MR) is 74.6 cm³/mol. The fourth-order valence-corrected chi connectivity index (χ4v) is 3.48. The summed E-state index contributed by atoms with van der Waals surface area (Å²) in [4.78, 5) is 14.4. The Labute approximate surface area is 120 Å². The van der Waals surface area contributed by atoms with Crippen LogP contribution in [0.1, 0.15) is 29.6 Å². The number of hydrogen-bond donors (Lipinski definition) is 1. The Kier molecular flexibility index (Phi) is 3.58. The molecule has 2 heterocycles.